The summed E-state index contributed by atoms with van der Waals surface area (Å²) in [7, 11) is 0. The van der Waals surface area contributed by atoms with E-state index in [-0.39, 0.29) is 32.2 Å². The van der Waals surface area contributed by atoms with Crippen molar-refractivity contribution < 1.29 is 45.9 Å². The fraction of sp³-hybridized carbons (Fsp3) is 0.167. The molecule has 0 fully saturated rings. The average Bonchev–Trinajstić information content (AvgIpc) is 2.23. The van der Waals surface area contributed by atoms with Crippen molar-refractivity contribution >= 4 is 0 Å². The van der Waals surface area contributed by atoms with Crippen LogP contribution in [0.15, 0.2) is 18.2 Å². The molecule has 0 aromatic rings. The summed E-state index contributed by atoms with van der Waals surface area (Å²) in [6.07, 6.45) is 10.0. The molecule has 1 rings (SSSR count). The molecule has 0 atom stereocenters. The first-order chi connectivity index (χ1) is 3.50. The van der Waals surface area contributed by atoms with Crippen LogP contribution in [0.2, 0.25) is 0 Å². The van der Waals surface area contributed by atoms with Gasteiger partial charge in [-0.05, 0) is 0 Å². The Morgan fingerprint density at radius 3 is 1.90 bits per heavy atom. The zero-order chi connectivity index (χ0) is 5.54. The molecule has 1 aliphatic carbocycles. The van der Waals surface area contributed by atoms with Crippen molar-refractivity contribution in [3.8, 4) is 0 Å². The standard InChI is InChI=1S/C5H5.CH3.2ClH.O.V/c1-2-4-5-3-1;;;;;/h1-3H,4H2;1H3;2*1H;;/q2*-1;;;;+2/p-2. The van der Waals surface area contributed by atoms with Crippen LogP contribution in [0.3, 0.4) is 0 Å². The Labute approximate surface area is 84.0 Å². The minimum absolute atomic E-state index is 0. The Balaban J connectivity index is -0.0000000337. The van der Waals surface area contributed by atoms with Crippen LogP contribution < -0.4 is 24.8 Å². The van der Waals surface area contributed by atoms with Crippen LogP contribution in [0.5, 0.6) is 0 Å². The third-order valence-electron chi connectivity index (χ3n) is 0.586. The topological polar surface area (TPSA) is 17.1 Å². The van der Waals surface area contributed by atoms with Gasteiger partial charge in [-0.2, -0.15) is 6.08 Å². The molecule has 0 N–H and O–H groups in total. The fourth-order valence-electron chi connectivity index (χ4n) is 0.340. The molecular weight excluding hydrogens is 210 g/mol. The maximum atomic E-state index is 8.19. The predicted octanol–water partition coefficient (Wildman–Crippen LogP) is -4.36. The Morgan fingerprint density at radius 1 is 1.30 bits per heavy atom. The van der Waals surface area contributed by atoms with E-state index in [1.165, 1.54) is 0 Å². The van der Waals surface area contributed by atoms with Crippen LogP contribution in [0.25, 0.3) is 0 Å². The van der Waals surface area contributed by atoms with Gasteiger partial charge < -0.3 is 32.2 Å². The summed E-state index contributed by atoms with van der Waals surface area (Å²) in [5.74, 6) is 0. The van der Waals surface area contributed by atoms with E-state index in [4.69, 9.17) is 3.67 Å². The van der Waals surface area contributed by atoms with Gasteiger partial charge in [0.1, 0.15) is 0 Å². The molecule has 0 aliphatic heterocycles. The Morgan fingerprint density at radius 2 is 1.80 bits per heavy atom. The van der Waals surface area contributed by atoms with Crippen molar-refractivity contribution in [1.82, 2.24) is 0 Å². The molecule has 0 aromatic heterocycles. The third kappa shape index (κ3) is 15.8. The van der Waals surface area contributed by atoms with Crippen molar-refractivity contribution in [3.05, 3.63) is 31.7 Å². The monoisotopic (exact) mass is 217 g/mol. The Bertz CT molecular complexity index is 83.7. The SMILES string of the molecule is [C-]1=CC=CC1.[CH3-].[Cl-].[Cl-].[O]=[V+2]. The second kappa shape index (κ2) is 22.7. The van der Waals surface area contributed by atoms with Crippen molar-refractivity contribution in [2.45, 2.75) is 6.42 Å². The van der Waals surface area contributed by atoms with Gasteiger partial charge in [-0.25, -0.2) is 12.2 Å². The molecule has 4 heteroatoms. The zero-order valence-corrected chi connectivity index (χ0v) is 8.46. The molecule has 0 aromatic carbocycles. The van der Waals surface area contributed by atoms with E-state index < -0.39 is 0 Å². The summed E-state index contributed by atoms with van der Waals surface area (Å²) >= 11 is 1.06. The molecular formula is C6H8Cl2OV-2. The van der Waals surface area contributed by atoms with Crippen LogP contribution in [-0.2, 0) is 21.0 Å². The number of allylic oxidation sites excluding steroid dienone is 4. The van der Waals surface area contributed by atoms with Crippen LogP contribution in [0.4, 0.5) is 0 Å². The molecule has 0 unspecified atom stereocenters. The second-order valence-corrected chi connectivity index (χ2v) is 1.00. The molecule has 10 heavy (non-hydrogen) atoms. The first-order valence-electron chi connectivity index (χ1n) is 1.90. The number of hydrogen-bond donors (Lipinski definition) is 0. The van der Waals surface area contributed by atoms with Crippen LogP contribution >= 0.6 is 0 Å². The fourth-order valence-corrected chi connectivity index (χ4v) is 0.340. The van der Waals surface area contributed by atoms with Crippen LogP contribution in [-0.4, -0.2) is 0 Å². The van der Waals surface area contributed by atoms with Gasteiger partial charge in [-0.1, -0.05) is 0 Å². The summed E-state index contributed by atoms with van der Waals surface area (Å²) in [6.45, 7) is 0. The van der Waals surface area contributed by atoms with E-state index in [1.54, 1.807) is 0 Å². The number of halogens is 2. The van der Waals surface area contributed by atoms with Gasteiger partial charge in [0.25, 0.3) is 0 Å². The van der Waals surface area contributed by atoms with E-state index in [0.29, 0.717) is 0 Å². The summed E-state index contributed by atoms with van der Waals surface area (Å²) in [6, 6.07) is 0. The van der Waals surface area contributed by atoms with Gasteiger partial charge >= 0.3 is 21.0 Å². The maximum absolute atomic E-state index is 8.19. The quantitative estimate of drug-likeness (QED) is 0.375. The molecule has 0 radical (unpaired) electrons. The zero-order valence-electron chi connectivity index (χ0n) is 5.55. The van der Waals surface area contributed by atoms with Crippen LogP contribution in [0, 0.1) is 13.5 Å². The van der Waals surface area contributed by atoms with Gasteiger partial charge in [-0.15, -0.1) is 6.42 Å². The van der Waals surface area contributed by atoms with Gasteiger partial charge in [0.15, 0.2) is 0 Å². The van der Waals surface area contributed by atoms with Crippen molar-refractivity contribution in [2.24, 2.45) is 0 Å². The van der Waals surface area contributed by atoms with E-state index in [1.807, 2.05) is 12.2 Å². The van der Waals surface area contributed by atoms with E-state index in [0.717, 1.165) is 23.8 Å². The van der Waals surface area contributed by atoms with Gasteiger partial charge in [0.05, 0.1) is 0 Å². The summed E-state index contributed by atoms with van der Waals surface area (Å²) in [5, 5.41) is 0. The Kier molecular flexibility index (Phi) is 51.0. The van der Waals surface area contributed by atoms with Gasteiger partial charge in [-0.3, -0.25) is 6.08 Å². The second-order valence-electron chi connectivity index (χ2n) is 1.00. The number of rotatable bonds is 0. The summed E-state index contributed by atoms with van der Waals surface area (Å²) in [4.78, 5) is 0. The van der Waals surface area contributed by atoms with Crippen molar-refractivity contribution in [3.63, 3.8) is 0 Å². The average molecular weight is 218 g/mol. The molecule has 1 nitrogen and oxygen atoms in total. The molecule has 0 amide bonds. The van der Waals surface area contributed by atoms with E-state index >= 15 is 0 Å². The molecule has 0 bridgehead atoms. The summed E-state index contributed by atoms with van der Waals surface area (Å²) in [5.41, 5.74) is 0. The van der Waals surface area contributed by atoms with Crippen molar-refractivity contribution in [2.75, 3.05) is 0 Å². The Hall–Kier alpha value is 0.444. The minimum atomic E-state index is 0. The van der Waals surface area contributed by atoms with Crippen molar-refractivity contribution in [1.29, 1.82) is 0 Å². The molecule has 0 spiro atoms. The molecule has 0 heterocycles. The molecule has 1 aliphatic rings. The van der Waals surface area contributed by atoms with E-state index in [2.05, 4.69) is 12.2 Å². The number of hydrogen-bond acceptors (Lipinski definition) is 1. The molecule has 59 valence electrons. The molecule has 0 saturated carbocycles. The first-order valence-corrected chi connectivity index (χ1v) is 2.47. The van der Waals surface area contributed by atoms with Crippen LogP contribution in [0.1, 0.15) is 6.42 Å². The third-order valence-corrected chi connectivity index (χ3v) is 0.586. The normalized spacial score (nSPS) is 9.40. The predicted molar refractivity (Wildman–Crippen MR) is 28.7 cm³/mol. The first kappa shape index (κ1) is 22.4. The molecule has 0 saturated heterocycles. The van der Waals surface area contributed by atoms with Gasteiger partial charge in [0.2, 0.25) is 0 Å². The van der Waals surface area contributed by atoms with Gasteiger partial charge in [0, 0.05) is 0 Å². The summed E-state index contributed by atoms with van der Waals surface area (Å²) < 4.78 is 8.19. The van der Waals surface area contributed by atoms with E-state index in [9.17, 15) is 0 Å².